The third-order valence-corrected chi connectivity index (χ3v) is 3.80. The SMILES string of the molecule is CCC(CSC)N(C)C(=O)Cn1cc(N)ccc1=O. The van der Waals surface area contributed by atoms with E-state index < -0.39 is 0 Å². The van der Waals surface area contributed by atoms with Crippen LogP contribution in [-0.2, 0) is 11.3 Å². The van der Waals surface area contributed by atoms with Crippen LogP contribution in [0.5, 0.6) is 0 Å². The molecule has 0 bridgehead atoms. The molecule has 0 radical (unpaired) electrons. The predicted octanol–water partition coefficient (Wildman–Crippen LogP) is 1.03. The summed E-state index contributed by atoms with van der Waals surface area (Å²) in [7, 11) is 1.78. The van der Waals surface area contributed by atoms with Gasteiger partial charge in [0, 0.05) is 36.8 Å². The molecule has 0 fully saturated rings. The molecule has 1 amide bonds. The van der Waals surface area contributed by atoms with Gasteiger partial charge in [0.25, 0.3) is 5.56 Å². The van der Waals surface area contributed by atoms with Gasteiger partial charge in [-0.1, -0.05) is 6.92 Å². The number of anilines is 1. The summed E-state index contributed by atoms with van der Waals surface area (Å²) in [6.45, 7) is 2.09. The van der Waals surface area contributed by atoms with E-state index in [4.69, 9.17) is 5.73 Å². The minimum atomic E-state index is -0.214. The number of aromatic nitrogens is 1. The van der Waals surface area contributed by atoms with Crippen molar-refractivity contribution < 1.29 is 4.79 Å². The van der Waals surface area contributed by atoms with Crippen molar-refractivity contribution in [3.05, 3.63) is 28.7 Å². The van der Waals surface area contributed by atoms with Crippen LogP contribution in [0.2, 0.25) is 0 Å². The number of likely N-dealkylation sites (N-methyl/N-ethyl adjacent to an activating group) is 1. The molecule has 0 aliphatic carbocycles. The van der Waals surface area contributed by atoms with Crippen LogP contribution in [0.25, 0.3) is 0 Å². The Morgan fingerprint density at radius 1 is 1.53 bits per heavy atom. The summed E-state index contributed by atoms with van der Waals surface area (Å²) in [6, 6.07) is 3.11. The number of carbonyl (C=O) groups excluding carboxylic acids is 1. The topological polar surface area (TPSA) is 68.3 Å². The number of nitrogen functional groups attached to an aromatic ring is 1. The van der Waals surface area contributed by atoms with Gasteiger partial charge in [0.05, 0.1) is 0 Å². The molecule has 0 aliphatic rings. The van der Waals surface area contributed by atoms with E-state index in [9.17, 15) is 9.59 Å². The van der Waals surface area contributed by atoms with Gasteiger partial charge in [-0.3, -0.25) is 9.59 Å². The molecule has 1 rings (SSSR count). The highest BCUT2D eigenvalue weighted by molar-refractivity contribution is 7.98. The van der Waals surface area contributed by atoms with Crippen LogP contribution in [0.1, 0.15) is 13.3 Å². The molecule has 1 heterocycles. The molecule has 0 saturated carbocycles. The fourth-order valence-corrected chi connectivity index (χ4v) is 2.67. The Bertz CT molecular complexity index is 487. The number of amides is 1. The second-order valence-corrected chi connectivity index (χ2v) is 5.36. The van der Waals surface area contributed by atoms with E-state index in [1.54, 1.807) is 23.7 Å². The molecule has 0 saturated heterocycles. The van der Waals surface area contributed by atoms with E-state index in [1.165, 1.54) is 22.9 Å². The fraction of sp³-hybridized carbons (Fsp3) is 0.538. The van der Waals surface area contributed by atoms with Crippen molar-refractivity contribution in [2.75, 3.05) is 24.8 Å². The first kappa shape index (κ1) is 15.6. The van der Waals surface area contributed by atoms with E-state index in [1.807, 2.05) is 6.26 Å². The third-order valence-electron chi connectivity index (χ3n) is 3.08. The molecule has 106 valence electrons. The van der Waals surface area contributed by atoms with Gasteiger partial charge >= 0.3 is 0 Å². The number of pyridine rings is 1. The first-order valence-electron chi connectivity index (χ1n) is 6.20. The Morgan fingerprint density at radius 3 is 2.79 bits per heavy atom. The molecular weight excluding hydrogens is 262 g/mol. The minimum Gasteiger partial charge on any atom is -0.398 e. The summed E-state index contributed by atoms with van der Waals surface area (Å²) >= 11 is 1.71. The van der Waals surface area contributed by atoms with Gasteiger partial charge in [-0.15, -0.1) is 0 Å². The van der Waals surface area contributed by atoms with Crippen LogP contribution < -0.4 is 11.3 Å². The number of nitrogens with two attached hydrogens (primary N) is 1. The summed E-state index contributed by atoms with van der Waals surface area (Å²) in [5.41, 5.74) is 5.89. The fourth-order valence-electron chi connectivity index (χ4n) is 1.83. The lowest BCUT2D eigenvalue weighted by Gasteiger charge is -2.27. The summed E-state index contributed by atoms with van der Waals surface area (Å²) in [6.07, 6.45) is 4.42. The van der Waals surface area contributed by atoms with E-state index in [0.29, 0.717) is 5.69 Å². The normalized spacial score (nSPS) is 12.2. The zero-order valence-electron chi connectivity index (χ0n) is 11.6. The number of thioether (sulfide) groups is 1. The van der Waals surface area contributed by atoms with Gasteiger partial charge in [0.15, 0.2) is 0 Å². The van der Waals surface area contributed by atoms with Gasteiger partial charge in [-0.25, -0.2) is 0 Å². The van der Waals surface area contributed by atoms with Crippen molar-refractivity contribution in [2.24, 2.45) is 0 Å². The second kappa shape index (κ2) is 7.23. The van der Waals surface area contributed by atoms with Crippen molar-refractivity contribution in [1.29, 1.82) is 0 Å². The Kier molecular flexibility index (Phi) is 5.95. The lowest BCUT2D eigenvalue weighted by atomic mass is 10.2. The van der Waals surface area contributed by atoms with Crippen molar-refractivity contribution in [1.82, 2.24) is 9.47 Å². The standard InChI is InChI=1S/C13H21N3O2S/c1-4-11(9-19-3)15(2)13(18)8-16-7-10(14)5-6-12(16)17/h5-7,11H,4,8-9,14H2,1-3H3. The maximum absolute atomic E-state index is 12.2. The molecule has 1 aromatic heterocycles. The summed E-state index contributed by atoms with van der Waals surface area (Å²) in [5, 5.41) is 0. The molecular formula is C13H21N3O2S. The van der Waals surface area contributed by atoms with Gasteiger partial charge < -0.3 is 15.2 Å². The monoisotopic (exact) mass is 283 g/mol. The van der Waals surface area contributed by atoms with Crippen molar-refractivity contribution in [2.45, 2.75) is 25.9 Å². The first-order chi connectivity index (χ1) is 8.99. The highest BCUT2D eigenvalue weighted by atomic mass is 32.2. The van der Waals surface area contributed by atoms with Crippen LogP contribution in [0.15, 0.2) is 23.1 Å². The number of rotatable bonds is 6. The van der Waals surface area contributed by atoms with Crippen LogP contribution >= 0.6 is 11.8 Å². The molecule has 0 aliphatic heterocycles. The van der Waals surface area contributed by atoms with Crippen LogP contribution in [0, 0.1) is 0 Å². The number of hydrogen-bond donors (Lipinski definition) is 1. The van der Waals surface area contributed by atoms with Gasteiger partial charge in [0.2, 0.25) is 5.91 Å². The Hall–Kier alpha value is -1.43. The Labute approximate surface area is 117 Å². The van der Waals surface area contributed by atoms with Gasteiger partial charge in [-0.05, 0) is 18.7 Å². The Morgan fingerprint density at radius 2 is 2.21 bits per heavy atom. The number of nitrogens with zero attached hydrogens (tertiary/aromatic N) is 2. The van der Waals surface area contributed by atoms with Crippen LogP contribution in [-0.4, -0.2) is 40.5 Å². The molecule has 1 aromatic rings. The lowest BCUT2D eigenvalue weighted by molar-refractivity contribution is -0.132. The van der Waals surface area contributed by atoms with E-state index in [2.05, 4.69) is 6.92 Å². The lowest BCUT2D eigenvalue weighted by Crippen LogP contribution is -2.41. The molecule has 0 aromatic carbocycles. The van der Waals surface area contributed by atoms with Crippen molar-refractivity contribution in [3.8, 4) is 0 Å². The molecule has 2 N–H and O–H groups in total. The maximum atomic E-state index is 12.2. The number of hydrogen-bond acceptors (Lipinski definition) is 4. The highest BCUT2D eigenvalue weighted by Crippen LogP contribution is 2.09. The van der Waals surface area contributed by atoms with Crippen molar-refractivity contribution >= 4 is 23.4 Å². The minimum absolute atomic E-state index is 0.0330. The zero-order chi connectivity index (χ0) is 14.4. The summed E-state index contributed by atoms with van der Waals surface area (Å²) in [4.78, 5) is 25.5. The van der Waals surface area contributed by atoms with Crippen LogP contribution in [0.4, 0.5) is 5.69 Å². The molecule has 6 heteroatoms. The molecule has 0 spiro atoms. The van der Waals surface area contributed by atoms with E-state index in [0.717, 1.165) is 12.2 Å². The van der Waals surface area contributed by atoms with Crippen LogP contribution in [0.3, 0.4) is 0 Å². The third kappa shape index (κ3) is 4.31. The average molecular weight is 283 g/mol. The van der Waals surface area contributed by atoms with Crippen molar-refractivity contribution in [3.63, 3.8) is 0 Å². The maximum Gasteiger partial charge on any atom is 0.251 e. The number of carbonyl (C=O) groups is 1. The zero-order valence-corrected chi connectivity index (χ0v) is 12.4. The molecule has 1 atom stereocenters. The van der Waals surface area contributed by atoms with Gasteiger partial charge in [0.1, 0.15) is 6.54 Å². The quantitative estimate of drug-likeness (QED) is 0.846. The molecule has 1 unspecified atom stereocenters. The highest BCUT2D eigenvalue weighted by Gasteiger charge is 2.18. The summed E-state index contributed by atoms with van der Waals surface area (Å²) < 4.78 is 1.35. The van der Waals surface area contributed by atoms with Gasteiger partial charge in [-0.2, -0.15) is 11.8 Å². The Balaban J connectivity index is 2.78. The first-order valence-corrected chi connectivity index (χ1v) is 7.59. The predicted molar refractivity (Wildman–Crippen MR) is 80.3 cm³/mol. The smallest absolute Gasteiger partial charge is 0.251 e. The molecule has 5 nitrogen and oxygen atoms in total. The van der Waals surface area contributed by atoms with E-state index >= 15 is 0 Å². The second-order valence-electron chi connectivity index (χ2n) is 4.45. The van der Waals surface area contributed by atoms with E-state index in [-0.39, 0.29) is 24.1 Å². The summed E-state index contributed by atoms with van der Waals surface area (Å²) in [5.74, 6) is 0.818. The average Bonchev–Trinajstić information content (AvgIpc) is 2.39. The largest absolute Gasteiger partial charge is 0.398 e. The molecule has 19 heavy (non-hydrogen) atoms.